The Balaban J connectivity index is 2.01. The summed E-state index contributed by atoms with van der Waals surface area (Å²) in [7, 11) is 0. The van der Waals surface area contributed by atoms with Gasteiger partial charge in [-0.05, 0) is 68.3 Å². The number of carbonyl (C=O) groups excluding carboxylic acids is 1. The van der Waals surface area contributed by atoms with Gasteiger partial charge in [-0.25, -0.2) is 0 Å². The topological polar surface area (TPSA) is 38.3 Å². The van der Waals surface area contributed by atoms with Gasteiger partial charge in [0.2, 0.25) is 0 Å². The molecule has 0 aliphatic heterocycles. The second-order valence-corrected chi connectivity index (χ2v) is 5.65. The first-order chi connectivity index (χ1) is 11.1. The third kappa shape index (κ3) is 4.75. The van der Waals surface area contributed by atoms with E-state index in [1.165, 1.54) is 12.1 Å². The fourth-order valence-corrected chi connectivity index (χ4v) is 2.25. The number of amides is 1. The highest BCUT2D eigenvalue weighted by Crippen LogP contribution is 2.29. The van der Waals surface area contributed by atoms with E-state index < -0.39 is 23.8 Å². The Labute approximate surface area is 138 Å². The summed E-state index contributed by atoms with van der Waals surface area (Å²) in [4.78, 5) is 12.1. The fraction of sp³-hybridized carbons (Fsp3) is 0.278. The van der Waals surface area contributed by atoms with E-state index in [4.69, 9.17) is 4.74 Å². The number of rotatable bonds is 4. The van der Waals surface area contributed by atoms with Crippen molar-refractivity contribution in [3.8, 4) is 5.75 Å². The van der Waals surface area contributed by atoms with Crippen LogP contribution in [0.1, 0.15) is 23.6 Å². The standard InChI is InChI=1S/C18H18F3NO2/c1-11-8-12(2)10-16(9-11)24-13(3)17(23)22-15-6-4-14(5-7-15)18(19,20)21/h4-10,13H,1-3H3,(H,22,23). The normalized spacial score (nSPS) is 12.6. The lowest BCUT2D eigenvalue weighted by Gasteiger charge is -2.16. The summed E-state index contributed by atoms with van der Waals surface area (Å²) in [6, 6.07) is 9.88. The van der Waals surface area contributed by atoms with Crippen LogP contribution in [0.3, 0.4) is 0 Å². The number of ether oxygens (including phenoxy) is 1. The third-order valence-corrected chi connectivity index (χ3v) is 3.36. The summed E-state index contributed by atoms with van der Waals surface area (Å²) in [6.07, 6.45) is -5.18. The highest BCUT2D eigenvalue weighted by molar-refractivity contribution is 5.94. The minimum Gasteiger partial charge on any atom is -0.481 e. The summed E-state index contributed by atoms with van der Waals surface area (Å²) in [5, 5.41) is 2.54. The van der Waals surface area contributed by atoms with Crippen LogP contribution in [0, 0.1) is 13.8 Å². The molecule has 0 heterocycles. The van der Waals surface area contributed by atoms with Gasteiger partial charge in [0.1, 0.15) is 5.75 Å². The molecule has 6 heteroatoms. The first-order valence-electron chi connectivity index (χ1n) is 7.38. The lowest BCUT2D eigenvalue weighted by atomic mass is 10.1. The molecule has 0 saturated heterocycles. The summed E-state index contributed by atoms with van der Waals surface area (Å²) in [5.74, 6) is 0.136. The van der Waals surface area contributed by atoms with Gasteiger partial charge in [-0.3, -0.25) is 4.79 Å². The second-order valence-electron chi connectivity index (χ2n) is 5.65. The van der Waals surface area contributed by atoms with E-state index in [0.29, 0.717) is 5.75 Å². The molecule has 0 saturated carbocycles. The fourth-order valence-electron chi connectivity index (χ4n) is 2.25. The van der Waals surface area contributed by atoms with Crippen LogP contribution in [-0.4, -0.2) is 12.0 Å². The number of hydrogen-bond acceptors (Lipinski definition) is 2. The molecule has 0 aliphatic rings. The third-order valence-electron chi connectivity index (χ3n) is 3.36. The summed E-state index contributed by atoms with van der Waals surface area (Å²) in [6.45, 7) is 5.43. The van der Waals surface area contributed by atoms with Crippen LogP contribution in [0.15, 0.2) is 42.5 Å². The minimum absolute atomic E-state index is 0.281. The van der Waals surface area contributed by atoms with E-state index >= 15 is 0 Å². The molecule has 2 rings (SSSR count). The number of halogens is 3. The molecule has 3 nitrogen and oxygen atoms in total. The van der Waals surface area contributed by atoms with Crippen molar-refractivity contribution in [2.45, 2.75) is 33.1 Å². The quantitative estimate of drug-likeness (QED) is 0.876. The number of anilines is 1. The molecule has 2 aromatic carbocycles. The van der Waals surface area contributed by atoms with E-state index in [2.05, 4.69) is 5.32 Å². The molecule has 1 amide bonds. The molecule has 24 heavy (non-hydrogen) atoms. The van der Waals surface area contributed by atoms with E-state index in [1.54, 1.807) is 6.92 Å². The maximum absolute atomic E-state index is 12.5. The van der Waals surface area contributed by atoms with Gasteiger partial charge in [0.15, 0.2) is 6.10 Å². The van der Waals surface area contributed by atoms with Gasteiger partial charge < -0.3 is 10.1 Å². The van der Waals surface area contributed by atoms with E-state index in [-0.39, 0.29) is 5.69 Å². The Morgan fingerprint density at radius 2 is 1.58 bits per heavy atom. The predicted molar refractivity (Wildman–Crippen MR) is 86.1 cm³/mol. The predicted octanol–water partition coefficient (Wildman–Crippen LogP) is 4.73. The lowest BCUT2D eigenvalue weighted by Crippen LogP contribution is -2.30. The van der Waals surface area contributed by atoms with Crippen LogP contribution >= 0.6 is 0 Å². The van der Waals surface area contributed by atoms with Gasteiger partial charge in [-0.2, -0.15) is 13.2 Å². The molecule has 1 N–H and O–H groups in total. The lowest BCUT2D eigenvalue weighted by molar-refractivity contribution is -0.137. The summed E-state index contributed by atoms with van der Waals surface area (Å²) >= 11 is 0. The van der Waals surface area contributed by atoms with Crippen molar-refractivity contribution in [2.24, 2.45) is 0 Å². The Morgan fingerprint density at radius 1 is 1.04 bits per heavy atom. The number of carbonyl (C=O) groups is 1. The first kappa shape index (κ1) is 17.8. The number of alkyl halides is 3. The average molecular weight is 337 g/mol. The Hall–Kier alpha value is -2.50. The van der Waals surface area contributed by atoms with Crippen molar-refractivity contribution in [2.75, 3.05) is 5.32 Å². The zero-order valence-electron chi connectivity index (χ0n) is 13.6. The molecule has 0 bridgehead atoms. The zero-order chi connectivity index (χ0) is 17.9. The van der Waals surface area contributed by atoms with Crippen molar-refractivity contribution < 1.29 is 22.7 Å². The summed E-state index contributed by atoms with van der Waals surface area (Å²) in [5.41, 5.74) is 1.55. The molecule has 0 aliphatic carbocycles. The van der Waals surface area contributed by atoms with Crippen molar-refractivity contribution >= 4 is 11.6 Å². The van der Waals surface area contributed by atoms with Crippen molar-refractivity contribution in [1.82, 2.24) is 0 Å². The van der Waals surface area contributed by atoms with E-state index in [0.717, 1.165) is 23.3 Å². The number of aryl methyl sites for hydroxylation is 2. The summed E-state index contributed by atoms with van der Waals surface area (Å²) < 4.78 is 43.1. The Morgan fingerprint density at radius 3 is 2.08 bits per heavy atom. The molecular formula is C18H18F3NO2. The highest BCUT2D eigenvalue weighted by Gasteiger charge is 2.30. The van der Waals surface area contributed by atoms with Crippen LogP contribution in [0.4, 0.5) is 18.9 Å². The maximum Gasteiger partial charge on any atom is 0.416 e. The molecule has 0 fully saturated rings. The van der Waals surface area contributed by atoms with E-state index in [1.807, 2.05) is 32.0 Å². The molecule has 1 unspecified atom stereocenters. The smallest absolute Gasteiger partial charge is 0.416 e. The monoisotopic (exact) mass is 337 g/mol. The molecule has 0 spiro atoms. The number of hydrogen-bond donors (Lipinski definition) is 1. The molecule has 2 aromatic rings. The van der Waals surface area contributed by atoms with E-state index in [9.17, 15) is 18.0 Å². The first-order valence-corrected chi connectivity index (χ1v) is 7.38. The second kappa shape index (κ2) is 6.95. The van der Waals surface area contributed by atoms with Gasteiger partial charge >= 0.3 is 6.18 Å². The van der Waals surface area contributed by atoms with Crippen LogP contribution in [0.25, 0.3) is 0 Å². The van der Waals surface area contributed by atoms with Gasteiger partial charge in [-0.1, -0.05) is 6.07 Å². The maximum atomic E-state index is 12.5. The van der Waals surface area contributed by atoms with Crippen molar-refractivity contribution in [1.29, 1.82) is 0 Å². The Bertz CT molecular complexity index is 704. The van der Waals surface area contributed by atoms with Crippen LogP contribution in [0.5, 0.6) is 5.75 Å². The van der Waals surface area contributed by atoms with Crippen molar-refractivity contribution in [3.63, 3.8) is 0 Å². The van der Waals surface area contributed by atoms with Gasteiger partial charge in [-0.15, -0.1) is 0 Å². The molecule has 1 atom stereocenters. The van der Waals surface area contributed by atoms with Gasteiger partial charge in [0.25, 0.3) is 5.91 Å². The van der Waals surface area contributed by atoms with Crippen LogP contribution in [0.2, 0.25) is 0 Å². The van der Waals surface area contributed by atoms with Gasteiger partial charge in [0, 0.05) is 5.69 Å². The number of nitrogens with one attached hydrogen (secondary N) is 1. The Kier molecular flexibility index (Phi) is 5.17. The highest BCUT2D eigenvalue weighted by atomic mass is 19.4. The molecule has 0 aromatic heterocycles. The average Bonchev–Trinajstić information content (AvgIpc) is 2.45. The van der Waals surface area contributed by atoms with Crippen LogP contribution < -0.4 is 10.1 Å². The largest absolute Gasteiger partial charge is 0.481 e. The zero-order valence-corrected chi connectivity index (χ0v) is 13.6. The van der Waals surface area contributed by atoms with Gasteiger partial charge in [0.05, 0.1) is 5.56 Å². The minimum atomic E-state index is -4.40. The molecule has 0 radical (unpaired) electrons. The SMILES string of the molecule is Cc1cc(C)cc(OC(C)C(=O)Nc2ccc(C(F)(F)F)cc2)c1. The van der Waals surface area contributed by atoms with Crippen molar-refractivity contribution in [3.05, 3.63) is 59.2 Å². The molecular weight excluding hydrogens is 319 g/mol. The number of benzene rings is 2. The molecule has 128 valence electrons. The van der Waals surface area contributed by atoms with Crippen LogP contribution in [-0.2, 0) is 11.0 Å².